The molecule has 0 amide bonds. The van der Waals surface area contributed by atoms with E-state index < -0.39 is 17.6 Å². The van der Waals surface area contributed by atoms with Crippen molar-refractivity contribution in [2.45, 2.75) is 103 Å². The lowest BCUT2D eigenvalue weighted by Crippen LogP contribution is -2.47. The zero-order valence-electron chi connectivity index (χ0n) is 28.5. The molecule has 1 aliphatic heterocycles. The highest BCUT2D eigenvalue weighted by Crippen LogP contribution is 2.43. The summed E-state index contributed by atoms with van der Waals surface area (Å²) in [7, 11) is 1.95. The van der Waals surface area contributed by atoms with Crippen molar-refractivity contribution in [1.82, 2.24) is 19.6 Å². The second-order valence-corrected chi connectivity index (χ2v) is 14.6. The van der Waals surface area contributed by atoms with Crippen molar-refractivity contribution in [1.29, 1.82) is 0 Å². The predicted octanol–water partition coefficient (Wildman–Crippen LogP) is 6.64. The lowest BCUT2D eigenvalue weighted by atomic mass is 9.87. The van der Waals surface area contributed by atoms with Gasteiger partial charge in [0.05, 0.1) is 11.3 Å². The van der Waals surface area contributed by atoms with Crippen LogP contribution in [-0.2, 0) is 23.4 Å². The van der Waals surface area contributed by atoms with E-state index in [1.54, 1.807) is 26.0 Å². The Labute approximate surface area is 274 Å². The van der Waals surface area contributed by atoms with Crippen molar-refractivity contribution in [2.75, 3.05) is 26.7 Å². The van der Waals surface area contributed by atoms with Gasteiger partial charge in [-0.05, 0) is 119 Å². The number of carboxylic acids is 1. The Kier molecular flexibility index (Phi) is 10.7. The van der Waals surface area contributed by atoms with Gasteiger partial charge in [0.1, 0.15) is 11.9 Å². The number of hydrogen-bond donors (Lipinski definition) is 2. The van der Waals surface area contributed by atoms with Crippen LogP contribution in [0.1, 0.15) is 100 Å². The Hall–Kier alpha value is -3.07. The first-order valence-corrected chi connectivity index (χ1v) is 17.1. The number of nitrogens with zero attached hydrogens (tertiary/aromatic N) is 4. The standard InChI is InChI=1S/C38H53FN4O3/c1-7-43-35(22-32(40-43)19-26-11-13-30(14-12-26)38(4,5)46)27-15-17-42(18-16-27)24-29-21-33(41(6)36(25(2)3)37(44)45)23-34(29)28-9-8-10-31(39)20-28/h8-14,20,22,25,27,29,33-34,36,46H,7,15-19,21,23-24H2,1-6H3,(H,44,45)/t29?,33?,34?,36-/m1/s1. The quantitative estimate of drug-likeness (QED) is 0.233. The second-order valence-electron chi connectivity index (χ2n) is 14.6. The number of benzene rings is 2. The summed E-state index contributed by atoms with van der Waals surface area (Å²) in [4.78, 5) is 16.8. The zero-order chi connectivity index (χ0) is 33.2. The molecule has 1 aromatic heterocycles. The Morgan fingerprint density at radius 3 is 2.37 bits per heavy atom. The molecular formula is C38H53FN4O3. The molecule has 1 saturated carbocycles. The van der Waals surface area contributed by atoms with Crippen LogP contribution in [0.2, 0.25) is 0 Å². The van der Waals surface area contributed by atoms with Gasteiger partial charge in [-0.1, -0.05) is 50.2 Å². The van der Waals surface area contributed by atoms with E-state index in [4.69, 9.17) is 5.10 Å². The number of likely N-dealkylation sites (N-methyl/N-ethyl adjacent to an activating group) is 1. The van der Waals surface area contributed by atoms with Crippen LogP contribution in [0.5, 0.6) is 0 Å². The number of carbonyl (C=O) groups is 1. The number of halogens is 1. The topological polar surface area (TPSA) is 81.8 Å². The number of hydrogen-bond acceptors (Lipinski definition) is 5. The number of aryl methyl sites for hydroxylation is 1. The number of carboxylic acid groups (broad SMARTS) is 1. The van der Waals surface area contributed by atoms with Crippen LogP contribution in [0.25, 0.3) is 0 Å². The van der Waals surface area contributed by atoms with Gasteiger partial charge in [-0.25, -0.2) is 4.39 Å². The molecule has 2 N–H and O–H groups in total. The summed E-state index contributed by atoms with van der Waals surface area (Å²) in [6, 6.07) is 17.1. The highest BCUT2D eigenvalue weighted by Gasteiger charge is 2.42. The van der Waals surface area contributed by atoms with Crippen molar-refractivity contribution < 1.29 is 19.4 Å². The van der Waals surface area contributed by atoms with E-state index in [0.717, 1.165) is 75.1 Å². The van der Waals surface area contributed by atoms with Gasteiger partial charge in [0.15, 0.2) is 0 Å². The molecule has 1 aliphatic carbocycles. The monoisotopic (exact) mass is 632 g/mol. The van der Waals surface area contributed by atoms with Crippen LogP contribution in [0.4, 0.5) is 4.39 Å². The first kappa shape index (κ1) is 34.3. The summed E-state index contributed by atoms with van der Waals surface area (Å²) >= 11 is 0. The van der Waals surface area contributed by atoms with E-state index in [9.17, 15) is 19.4 Å². The summed E-state index contributed by atoms with van der Waals surface area (Å²) < 4.78 is 16.5. The Balaban J connectivity index is 1.24. The van der Waals surface area contributed by atoms with Crippen LogP contribution in [0, 0.1) is 17.7 Å². The fourth-order valence-electron chi connectivity index (χ4n) is 8.07. The van der Waals surface area contributed by atoms with E-state index in [2.05, 4.69) is 39.6 Å². The van der Waals surface area contributed by atoms with Gasteiger partial charge in [0.25, 0.3) is 0 Å². The molecule has 250 valence electrons. The largest absolute Gasteiger partial charge is 0.480 e. The van der Waals surface area contributed by atoms with Crippen LogP contribution in [-0.4, -0.2) is 74.5 Å². The molecule has 0 spiro atoms. The predicted molar refractivity (Wildman–Crippen MR) is 180 cm³/mol. The van der Waals surface area contributed by atoms with E-state index in [0.29, 0.717) is 11.8 Å². The molecule has 0 bridgehead atoms. The molecule has 0 radical (unpaired) electrons. The van der Waals surface area contributed by atoms with E-state index in [-0.39, 0.29) is 23.7 Å². The van der Waals surface area contributed by atoms with Crippen LogP contribution >= 0.6 is 0 Å². The van der Waals surface area contributed by atoms with Gasteiger partial charge in [-0.2, -0.15) is 5.10 Å². The number of rotatable bonds is 12. The Morgan fingerprint density at radius 2 is 1.78 bits per heavy atom. The number of aliphatic carboxylic acids is 1. The van der Waals surface area contributed by atoms with Crippen LogP contribution in [0.3, 0.4) is 0 Å². The molecule has 4 atom stereocenters. The lowest BCUT2D eigenvalue weighted by Gasteiger charge is -2.35. The summed E-state index contributed by atoms with van der Waals surface area (Å²) in [6.45, 7) is 13.5. The summed E-state index contributed by atoms with van der Waals surface area (Å²) in [5.41, 5.74) is 4.67. The van der Waals surface area contributed by atoms with Crippen molar-refractivity contribution in [3.63, 3.8) is 0 Å². The van der Waals surface area contributed by atoms with Gasteiger partial charge in [-0.15, -0.1) is 0 Å². The summed E-state index contributed by atoms with van der Waals surface area (Å²) in [5.74, 6) is 0.0105. The van der Waals surface area contributed by atoms with Gasteiger partial charge in [0.2, 0.25) is 0 Å². The molecule has 7 nitrogen and oxygen atoms in total. The fraction of sp³-hybridized carbons (Fsp3) is 0.579. The van der Waals surface area contributed by atoms with Gasteiger partial charge < -0.3 is 15.1 Å². The minimum Gasteiger partial charge on any atom is -0.480 e. The third-order valence-corrected chi connectivity index (χ3v) is 10.6. The Bertz CT molecular complexity index is 1460. The third-order valence-electron chi connectivity index (χ3n) is 10.6. The second kappa shape index (κ2) is 14.4. The van der Waals surface area contributed by atoms with Crippen LogP contribution in [0.15, 0.2) is 54.6 Å². The van der Waals surface area contributed by atoms with Gasteiger partial charge in [0, 0.05) is 37.2 Å². The molecule has 8 heteroatoms. The van der Waals surface area contributed by atoms with E-state index in [1.165, 1.54) is 17.3 Å². The first-order chi connectivity index (χ1) is 21.8. The maximum Gasteiger partial charge on any atom is 0.321 e. The molecule has 2 fully saturated rings. The van der Waals surface area contributed by atoms with Crippen LogP contribution < -0.4 is 0 Å². The normalized spacial score (nSPS) is 22.2. The molecule has 3 unspecified atom stereocenters. The molecule has 2 heterocycles. The molecule has 2 aliphatic rings. The molecule has 5 rings (SSSR count). The fourth-order valence-corrected chi connectivity index (χ4v) is 8.07. The van der Waals surface area contributed by atoms with Crippen molar-refractivity contribution in [3.05, 3.63) is 88.5 Å². The van der Waals surface area contributed by atoms with Gasteiger partial charge in [-0.3, -0.25) is 14.4 Å². The molecular weight excluding hydrogens is 579 g/mol. The highest BCUT2D eigenvalue weighted by atomic mass is 19.1. The van der Waals surface area contributed by atoms with Gasteiger partial charge >= 0.3 is 5.97 Å². The van der Waals surface area contributed by atoms with Crippen molar-refractivity contribution >= 4 is 5.97 Å². The number of piperidine rings is 1. The van der Waals surface area contributed by atoms with Crippen molar-refractivity contribution in [2.24, 2.45) is 11.8 Å². The summed E-state index contributed by atoms with van der Waals surface area (Å²) in [6.07, 6.45) is 4.66. The maximum atomic E-state index is 14.3. The van der Waals surface area contributed by atoms with E-state index >= 15 is 0 Å². The first-order valence-electron chi connectivity index (χ1n) is 17.1. The smallest absolute Gasteiger partial charge is 0.321 e. The maximum absolute atomic E-state index is 14.3. The molecule has 3 aromatic rings. The number of aliphatic hydroxyl groups is 1. The minimum absolute atomic E-state index is 0.00416. The minimum atomic E-state index is -0.849. The third kappa shape index (κ3) is 7.89. The average molecular weight is 633 g/mol. The highest BCUT2D eigenvalue weighted by molar-refractivity contribution is 5.73. The Morgan fingerprint density at radius 1 is 1.09 bits per heavy atom. The zero-order valence-corrected chi connectivity index (χ0v) is 28.5. The summed E-state index contributed by atoms with van der Waals surface area (Å²) in [5, 5.41) is 25.2. The lowest BCUT2D eigenvalue weighted by molar-refractivity contribution is -0.145. The number of aromatic nitrogens is 2. The number of likely N-dealkylation sites (tertiary alicyclic amines) is 1. The molecule has 46 heavy (non-hydrogen) atoms. The average Bonchev–Trinajstić information content (AvgIpc) is 3.61. The molecule has 1 saturated heterocycles. The SMILES string of the molecule is CCn1nc(Cc2ccc(C(C)(C)O)cc2)cc1C1CCN(CC2CC(N(C)[C@@H](C(=O)O)C(C)C)CC2c2cccc(F)c2)CC1. The van der Waals surface area contributed by atoms with E-state index in [1.807, 2.05) is 39.1 Å². The van der Waals surface area contributed by atoms with Crippen molar-refractivity contribution in [3.8, 4) is 0 Å². The molecule has 2 aromatic carbocycles.